The van der Waals surface area contributed by atoms with Gasteiger partial charge in [-0.05, 0) is 18.4 Å². The summed E-state index contributed by atoms with van der Waals surface area (Å²) in [4.78, 5) is 0. The van der Waals surface area contributed by atoms with Crippen molar-refractivity contribution in [2.45, 2.75) is 31.4 Å². The highest BCUT2D eigenvalue weighted by molar-refractivity contribution is 7.82. The molecule has 0 aromatic rings. The first-order valence-corrected chi connectivity index (χ1v) is 5.16. The SMILES string of the molecule is CC/C=C/C=C(\C=N)C1CC1(C)S. The van der Waals surface area contributed by atoms with Gasteiger partial charge in [0.05, 0.1) is 0 Å². The van der Waals surface area contributed by atoms with Crippen LogP contribution in [0, 0.1) is 11.3 Å². The minimum absolute atomic E-state index is 0.128. The highest BCUT2D eigenvalue weighted by atomic mass is 32.1. The Balaban J connectivity index is 2.59. The average molecular weight is 195 g/mol. The fourth-order valence-electron chi connectivity index (χ4n) is 1.41. The zero-order valence-electron chi connectivity index (χ0n) is 8.25. The van der Waals surface area contributed by atoms with Gasteiger partial charge in [-0.15, -0.1) is 0 Å². The van der Waals surface area contributed by atoms with E-state index in [-0.39, 0.29) is 4.75 Å². The summed E-state index contributed by atoms with van der Waals surface area (Å²) in [6.45, 7) is 4.23. The molecule has 1 fully saturated rings. The smallest absolute Gasteiger partial charge is 0.0213 e. The summed E-state index contributed by atoms with van der Waals surface area (Å²) < 4.78 is 0.128. The van der Waals surface area contributed by atoms with Crippen LogP contribution in [0.2, 0.25) is 0 Å². The molecule has 1 aliphatic carbocycles. The highest BCUT2D eigenvalue weighted by Gasteiger charge is 2.48. The lowest BCUT2D eigenvalue weighted by atomic mass is 10.1. The van der Waals surface area contributed by atoms with E-state index in [2.05, 4.69) is 32.6 Å². The lowest BCUT2D eigenvalue weighted by molar-refractivity contribution is 0.943. The van der Waals surface area contributed by atoms with Crippen LogP contribution in [0.4, 0.5) is 0 Å². The Morgan fingerprint density at radius 3 is 2.69 bits per heavy atom. The Hall–Kier alpha value is -0.500. The number of thiol groups is 1. The Kier molecular flexibility index (Phi) is 3.37. The average Bonchev–Trinajstić information content (AvgIpc) is 2.69. The first-order chi connectivity index (χ1) is 6.11. The van der Waals surface area contributed by atoms with E-state index in [9.17, 15) is 0 Å². The van der Waals surface area contributed by atoms with Crippen LogP contribution in [0.15, 0.2) is 23.8 Å². The molecule has 2 heteroatoms. The molecule has 0 spiro atoms. The summed E-state index contributed by atoms with van der Waals surface area (Å²) in [7, 11) is 0. The maximum absolute atomic E-state index is 7.28. The minimum Gasteiger partial charge on any atom is -0.308 e. The Labute approximate surface area is 85.8 Å². The van der Waals surface area contributed by atoms with Crippen molar-refractivity contribution in [3.63, 3.8) is 0 Å². The van der Waals surface area contributed by atoms with Gasteiger partial charge < -0.3 is 5.41 Å². The minimum atomic E-state index is 0.128. The molecule has 0 aliphatic heterocycles. The van der Waals surface area contributed by atoms with Gasteiger partial charge in [-0.1, -0.05) is 32.1 Å². The lowest BCUT2D eigenvalue weighted by Crippen LogP contribution is -1.98. The van der Waals surface area contributed by atoms with Gasteiger partial charge in [0.1, 0.15) is 0 Å². The van der Waals surface area contributed by atoms with Crippen molar-refractivity contribution in [2.75, 3.05) is 0 Å². The predicted octanol–water partition coefficient (Wildman–Crippen LogP) is 3.24. The molecule has 0 bridgehead atoms. The van der Waals surface area contributed by atoms with Gasteiger partial charge in [0.25, 0.3) is 0 Å². The van der Waals surface area contributed by atoms with Gasteiger partial charge in [0.15, 0.2) is 0 Å². The first-order valence-electron chi connectivity index (χ1n) is 4.71. The molecule has 0 aromatic carbocycles. The molecule has 1 nitrogen and oxygen atoms in total. The summed E-state index contributed by atoms with van der Waals surface area (Å²) in [6, 6.07) is 0. The molecule has 1 N–H and O–H groups in total. The fraction of sp³-hybridized carbons (Fsp3) is 0.545. The highest BCUT2D eigenvalue weighted by Crippen LogP contribution is 2.52. The standard InChI is InChI=1S/C11H17NS/c1-3-4-5-6-9(8-12)10-7-11(10,2)13/h4-6,8,10,12-13H,3,7H2,1-2H3/b5-4+,9-6+,12-8?. The van der Waals surface area contributed by atoms with E-state index in [1.807, 2.05) is 12.2 Å². The lowest BCUT2D eigenvalue weighted by Gasteiger charge is -2.01. The topological polar surface area (TPSA) is 23.9 Å². The van der Waals surface area contributed by atoms with Crippen LogP contribution in [0.1, 0.15) is 26.7 Å². The first kappa shape index (κ1) is 10.6. The van der Waals surface area contributed by atoms with Crippen LogP contribution in [0.25, 0.3) is 0 Å². The van der Waals surface area contributed by atoms with Gasteiger partial charge in [0, 0.05) is 16.9 Å². The van der Waals surface area contributed by atoms with Crippen molar-refractivity contribution >= 4 is 18.8 Å². The van der Waals surface area contributed by atoms with E-state index in [1.165, 1.54) is 6.21 Å². The quantitative estimate of drug-likeness (QED) is 0.391. The maximum Gasteiger partial charge on any atom is 0.0213 e. The van der Waals surface area contributed by atoms with Gasteiger partial charge in [0.2, 0.25) is 0 Å². The van der Waals surface area contributed by atoms with Gasteiger partial charge >= 0.3 is 0 Å². The normalized spacial score (nSPS) is 33.8. The van der Waals surface area contributed by atoms with Gasteiger partial charge in [-0.2, -0.15) is 12.6 Å². The van der Waals surface area contributed by atoms with Crippen LogP contribution in [0.3, 0.4) is 0 Å². The summed E-state index contributed by atoms with van der Waals surface area (Å²) in [5.41, 5.74) is 1.10. The molecular weight excluding hydrogens is 178 g/mol. The van der Waals surface area contributed by atoms with Crippen LogP contribution in [-0.4, -0.2) is 11.0 Å². The second-order valence-corrected chi connectivity index (χ2v) is 4.78. The van der Waals surface area contributed by atoms with E-state index in [1.54, 1.807) is 0 Å². The molecule has 0 saturated heterocycles. The van der Waals surface area contributed by atoms with Crippen LogP contribution < -0.4 is 0 Å². The van der Waals surface area contributed by atoms with E-state index < -0.39 is 0 Å². The molecule has 0 heterocycles. The van der Waals surface area contributed by atoms with Crippen LogP contribution in [0.5, 0.6) is 0 Å². The molecule has 1 rings (SSSR count). The monoisotopic (exact) mass is 195 g/mol. The van der Waals surface area contributed by atoms with E-state index >= 15 is 0 Å². The van der Waals surface area contributed by atoms with Crippen molar-refractivity contribution in [3.05, 3.63) is 23.8 Å². The van der Waals surface area contributed by atoms with Crippen LogP contribution in [-0.2, 0) is 0 Å². The number of allylic oxidation sites excluding steroid dienone is 4. The Morgan fingerprint density at radius 2 is 2.31 bits per heavy atom. The number of hydrogen-bond acceptors (Lipinski definition) is 2. The molecule has 13 heavy (non-hydrogen) atoms. The molecule has 1 saturated carbocycles. The number of nitrogens with one attached hydrogen (secondary N) is 1. The summed E-state index contributed by atoms with van der Waals surface area (Å²) in [5.74, 6) is 0.481. The maximum atomic E-state index is 7.28. The summed E-state index contributed by atoms with van der Waals surface area (Å²) in [5, 5.41) is 7.28. The predicted molar refractivity (Wildman–Crippen MR) is 61.8 cm³/mol. The second-order valence-electron chi connectivity index (χ2n) is 3.76. The molecule has 2 unspecified atom stereocenters. The molecular formula is C11H17NS. The number of rotatable bonds is 4. The van der Waals surface area contributed by atoms with Crippen LogP contribution >= 0.6 is 12.6 Å². The zero-order valence-corrected chi connectivity index (χ0v) is 9.14. The second kappa shape index (κ2) is 4.14. The summed E-state index contributed by atoms with van der Waals surface area (Å²) in [6.07, 6.45) is 9.75. The fourth-order valence-corrected chi connectivity index (χ4v) is 1.74. The van der Waals surface area contributed by atoms with Crippen molar-refractivity contribution in [3.8, 4) is 0 Å². The van der Waals surface area contributed by atoms with E-state index in [4.69, 9.17) is 5.41 Å². The third-order valence-corrected chi connectivity index (χ3v) is 2.93. The van der Waals surface area contributed by atoms with E-state index in [0.29, 0.717) is 5.92 Å². The summed E-state index contributed by atoms with van der Waals surface area (Å²) >= 11 is 4.50. The molecule has 0 aromatic heterocycles. The Morgan fingerprint density at radius 1 is 1.69 bits per heavy atom. The molecule has 0 amide bonds. The van der Waals surface area contributed by atoms with Crippen molar-refractivity contribution in [1.29, 1.82) is 5.41 Å². The van der Waals surface area contributed by atoms with Crippen molar-refractivity contribution < 1.29 is 0 Å². The van der Waals surface area contributed by atoms with Crippen molar-refractivity contribution in [1.82, 2.24) is 0 Å². The zero-order chi connectivity index (χ0) is 9.90. The number of hydrogen-bond donors (Lipinski definition) is 2. The largest absolute Gasteiger partial charge is 0.308 e. The molecule has 2 atom stereocenters. The Bertz CT molecular complexity index is 251. The molecule has 72 valence electrons. The van der Waals surface area contributed by atoms with Gasteiger partial charge in [-0.25, -0.2) is 0 Å². The molecule has 1 aliphatic rings. The third kappa shape index (κ3) is 2.73. The molecule has 0 radical (unpaired) electrons. The van der Waals surface area contributed by atoms with Gasteiger partial charge in [-0.3, -0.25) is 0 Å². The van der Waals surface area contributed by atoms with E-state index in [0.717, 1.165) is 18.4 Å². The van der Waals surface area contributed by atoms with Crippen molar-refractivity contribution in [2.24, 2.45) is 5.92 Å². The third-order valence-electron chi connectivity index (χ3n) is 2.44.